The molecule has 2 aromatic heterocycles. The van der Waals surface area contributed by atoms with E-state index in [4.69, 9.17) is 4.74 Å². The molecule has 1 aliphatic rings. The molecule has 5 rings (SSSR count). The molecule has 0 unspecified atom stereocenters. The van der Waals surface area contributed by atoms with E-state index in [9.17, 15) is 14.4 Å². The molecule has 0 saturated heterocycles. The number of benzene rings is 2. The van der Waals surface area contributed by atoms with Gasteiger partial charge in [-0.15, -0.1) is 0 Å². The van der Waals surface area contributed by atoms with Gasteiger partial charge in [-0.25, -0.2) is 9.59 Å². The first kappa shape index (κ1) is 22.4. The smallest absolute Gasteiger partial charge is 0.338 e. The third-order valence-corrected chi connectivity index (χ3v) is 6.09. The van der Waals surface area contributed by atoms with Crippen LogP contribution < -0.4 is 16.1 Å². The fourth-order valence-corrected chi connectivity index (χ4v) is 4.33. The molecule has 178 valence electrons. The van der Waals surface area contributed by atoms with Gasteiger partial charge in [-0.1, -0.05) is 42.5 Å². The van der Waals surface area contributed by atoms with Crippen LogP contribution in [0.3, 0.4) is 0 Å². The van der Waals surface area contributed by atoms with Gasteiger partial charge in [0.1, 0.15) is 0 Å². The predicted molar refractivity (Wildman–Crippen MR) is 134 cm³/mol. The van der Waals surface area contributed by atoms with Gasteiger partial charge in [0.2, 0.25) is 5.95 Å². The van der Waals surface area contributed by atoms with Crippen LogP contribution in [0.2, 0.25) is 0 Å². The zero-order chi connectivity index (χ0) is 24.5. The fourth-order valence-electron chi connectivity index (χ4n) is 4.33. The number of hydrogen-bond acceptors (Lipinski definition) is 6. The summed E-state index contributed by atoms with van der Waals surface area (Å²) < 4.78 is 9.55. The number of nitrogens with zero attached hydrogens (tertiary/aromatic N) is 5. The van der Waals surface area contributed by atoms with Crippen molar-refractivity contribution < 1.29 is 9.53 Å². The molecule has 0 bridgehead atoms. The number of rotatable bonds is 6. The first-order chi connectivity index (χ1) is 17.0. The lowest BCUT2D eigenvalue weighted by atomic mass is 10.2. The van der Waals surface area contributed by atoms with Gasteiger partial charge in [0.05, 0.1) is 12.2 Å². The topological polar surface area (TPSA) is 91.4 Å². The van der Waals surface area contributed by atoms with Crippen molar-refractivity contribution in [2.45, 2.75) is 20.0 Å². The molecule has 0 radical (unpaired) electrons. The highest BCUT2D eigenvalue weighted by Gasteiger charge is 2.28. The monoisotopic (exact) mass is 471 g/mol. The van der Waals surface area contributed by atoms with E-state index >= 15 is 0 Å². The van der Waals surface area contributed by atoms with Crippen molar-refractivity contribution >= 4 is 34.8 Å². The quantitative estimate of drug-likeness (QED) is 0.402. The summed E-state index contributed by atoms with van der Waals surface area (Å²) >= 11 is 0. The van der Waals surface area contributed by atoms with Crippen LogP contribution in [0.4, 0.5) is 11.6 Å². The lowest BCUT2D eigenvalue weighted by Gasteiger charge is -2.16. The number of aromatic nitrogens is 4. The second-order valence-corrected chi connectivity index (χ2v) is 8.23. The molecule has 1 aliphatic heterocycles. The van der Waals surface area contributed by atoms with Crippen LogP contribution in [-0.2, 0) is 24.9 Å². The Bertz CT molecular complexity index is 1550. The molecule has 0 spiro atoms. The number of aryl methyl sites for hydroxylation is 1. The Hall–Kier alpha value is -4.40. The molecule has 3 heterocycles. The molecule has 4 aromatic rings. The maximum Gasteiger partial charge on any atom is 0.338 e. The Morgan fingerprint density at radius 2 is 1.80 bits per heavy atom. The zero-order valence-corrected chi connectivity index (χ0v) is 19.5. The van der Waals surface area contributed by atoms with Crippen molar-refractivity contribution in [2.24, 2.45) is 7.05 Å². The van der Waals surface area contributed by atoms with Gasteiger partial charge >= 0.3 is 11.7 Å². The summed E-state index contributed by atoms with van der Waals surface area (Å²) in [7, 11) is 1.63. The highest BCUT2D eigenvalue weighted by molar-refractivity contribution is 5.90. The number of anilines is 2. The average Bonchev–Trinajstić information content (AvgIpc) is 3.45. The normalized spacial score (nSPS) is 13.0. The van der Waals surface area contributed by atoms with Crippen LogP contribution in [0.25, 0.3) is 17.2 Å². The summed E-state index contributed by atoms with van der Waals surface area (Å²) in [5.41, 5.74) is 2.28. The van der Waals surface area contributed by atoms with E-state index in [1.54, 1.807) is 26.1 Å². The SMILES string of the molecule is CCOC(=O)c1ccc(N2CCn3c2nc2c3c(=O)n(C/C=C/c3ccccc3)c(=O)n2C)cc1. The van der Waals surface area contributed by atoms with Gasteiger partial charge in [-0.3, -0.25) is 13.9 Å². The molecule has 2 aromatic carbocycles. The molecular formula is C26H25N5O4. The Kier molecular flexibility index (Phi) is 5.82. The summed E-state index contributed by atoms with van der Waals surface area (Å²) in [6.07, 6.45) is 3.70. The van der Waals surface area contributed by atoms with Crippen molar-refractivity contribution in [1.82, 2.24) is 18.7 Å². The summed E-state index contributed by atoms with van der Waals surface area (Å²) in [5.74, 6) is 0.220. The molecule has 35 heavy (non-hydrogen) atoms. The molecule has 0 atom stereocenters. The van der Waals surface area contributed by atoms with E-state index in [2.05, 4.69) is 4.98 Å². The molecule has 0 fully saturated rings. The zero-order valence-electron chi connectivity index (χ0n) is 19.5. The van der Waals surface area contributed by atoms with Crippen molar-refractivity contribution in [3.05, 3.63) is 92.6 Å². The van der Waals surface area contributed by atoms with Crippen LogP contribution in [0.15, 0.2) is 70.3 Å². The number of hydrogen-bond donors (Lipinski definition) is 0. The Balaban J connectivity index is 1.50. The van der Waals surface area contributed by atoms with Gasteiger partial charge < -0.3 is 14.2 Å². The van der Waals surface area contributed by atoms with E-state index in [1.807, 2.05) is 64.1 Å². The number of esters is 1. The largest absolute Gasteiger partial charge is 0.462 e. The summed E-state index contributed by atoms with van der Waals surface area (Å²) in [5, 5.41) is 0. The van der Waals surface area contributed by atoms with Gasteiger partial charge in [-0.05, 0) is 36.8 Å². The number of imidazole rings is 1. The third-order valence-electron chi connectivity index (χ3n) is 6.09. The molecular weight excluding hydrogens is 446 g/mol. The second-order valence-electron chi connectivity index (χ2n) is 8.23. The van der Waals surface area contributed by atoms with E-state index in [0.29, 0.717) is 42.4 Å². The van der Waals surface area contributed by atoms with Gasteiger partial charge in [0.25, 0.3) is 5.56 Å². The van der Waals surface area contributed by atoms with E-state index in [0.717, 1.165) is 11.3 Å². The molecule has 0 N–H and O–H groups in total. The Morgan fingerprint density at radius 3 is 2.51 bits per heavy atom. The number of carbonyl (C=O) groups excluding carboxylic acids is 1. The van der Waals surface area contributed by atoms with E-state index < -0.39 is 5.69 Å². The third kappa shape index (κ3) is 3.95. The predicted octanol–water partition coefficient (Wildman–Crippen LogP) is 2.94. The van der Waals surface area contributed by atoms with Crippen molar-refractivity contribution in [3.8, 4) is 0 Å². The van der Waals surface area contributed by atoms with Crippen LogP contribution in [0.1, 0.15) is 22.8 Å². The summed E-state index contributed by atoms with van der Waals surface area (Å²) in [6.45, 7) is 3.42. The minimum atomic E-state index is -0.415. The minimum Gasteiger partial charge on any atom is -0.462 e. The average molecular weight is 472 g/mol. The van der Waals surface area contributed by atoms with Crippen LogP contribution in [0, 0.1) is 0 Å². The molecule has 9 nitrogen and oxygen atoms in total. The van der Waals surface area contributed by atoms with Gasteiger partial charge in [0.15, 0.2) is 11.2 Å². The first-order valence-electron chi connectivity index (χ1n) is 11.5. The van der Waals surface area contributed by atoms with Crippen LogP contribution in [0.5, 0.6) is 0 Å². The number of ether oxygens (including phenoxy) is 1. The van der Waals surface area contributed by atoms with Crippen molar-refractivity contribution in [1.29, 1.82) is 0 Å². The maximum atomic E-state index is 13.4. The highest BCUT2D eigenvalue weighted by atomic mass is 16.5. The summed E-state index contributed by atoms with van der Waals surface area (Å²) in [6, 6.07) is 16.8. The lowest BCUT2D eigenvalue weighted by Crippen LogP contribution is -2.39. The van der Waals surface area contributed by atoms with E-state index in [-0.39, 0.29) is 18.1 Å². The minimum absolute atomic E-state index is 0.163. The lowest BCUT2D eigenvalue weighted by molar-refractivity contribution is 0.0526. The van der Waals surface area contributed by atoms with Gasteiger partial charge in [0, 0.05) is 32.4 Å². The Morgan fingerprint density at radius 1 is 1.06 bits per heavy atom. The maximum absolute atomic E-state index is 13.4. The summed E-state index contributed by atoms with van der Waals surface area (Å²) in [4.78, 5) is 44.9. The molecule has 0 amide bonds. The standard InChI is InChI=1S/C26H25N5O4/c1-3-35-24(33)19-11-13-20(14-12-19)29-16-17-30-21-22(27-25(29)30)28(2)26(34)31(23(21)32)15-7-10-18-8-5-4-6-9-18/h4-14H,3,15-17H2,1-2H3/b10-7+. The van der Waals surface area contributed by atoms with Crippen molar-refractivity contribution in [3.63, 3.8) is 0 Å². The highest BCUT2D eigenvalue weighted by Crippen LogP contribution is 2.31. The van der Waals surface area contributed by atoms with Crippen LogP contribution in [-0.4, -0.2) is 37.8 Å². The number of allylic oxidation sites excluding steroid dienone is 1. The molecule has 0 saturated carbocycles. The molecule has 9 heteroatoms. The van der Waals surface area contributed by atoms with Crippen molar-refractivity contribution in [2.75, 3.05) is 18.1 Å². The van der Waals surface area contributed by atoms with Crippen LogP contribution >= 0.6 is 0 Å². The number of fused-ring (bicyclic) bond motifs is 3. The molecule has 0 aliphatic carbocycles. The Labute approximate surface area is 201 Å². The second kappa shape index (κ2) is 9.09. The van der Waals surface area contributed by atoms with E-state index in [1.165, 1.54) is 9.13 Å². The number of carbonyl (C=O) groups is 1. The fraction of sp³-hybridized carbons (Fsp3) is 0.231. The first-order valence-corrected chi connectivity index (χ1v) is 11.5. The van der Waals surface area contributed by atoms with Gasteiger partial charge in [-0.2, -0.15) is 4.98 Å².